The molecule has 0 aliphatic carbocycles. The molecule has 4 heterocycles. The number of rotatable bonds is 2. The van der Waals surface area contributed by atoms with E-state index in [1.807, 2.05) is 46.5 Å². The quantitative estimate of drug-likeness (QED) is 0.835. The lowest BCUT2D eigenvalue weighted by Crippen LogP contribution is -2.48. The van der Waals surface area contributed by atoms with E-state index in [1.54, 1.807) is 6.20 Å². The molecule has 132 valence electrons. The van der Waals surface area contributed by atoms with Crippen molar-refractivity contribution in [3.05, 3.63) is 35.8 Å². The maximum absolute atomic E-state index is 12.8. The van der Waals surface area contributed by atoms with E-state index in [1.165, 1.54) is 0 Å². The van der Waals surface area contributed by atoms with Crippen LogP contribution in [0.25, 0.3) is 5.65 Å². The third-order valence-electron chi connectivity index (χ3n) is 5.80. The van der Waals surface area contributed by atoms with Crippen molar-refractivity contribution in [2.24, 2.45) is 5.41 Å². The number of pyridine rings is 1. The molecule has 2 aromatic rings. The molecule has 0 N–H and O–H groups in total. The molecule has 2 amide bonds. The Morgan fingerprint density at radius 1 is 1.32 bits per heavy atom. The first-order chi connectivity index (χ1) is 12.0. The number of nitrogens with zero attached hydrogens (tertiary/aromatic N) is 4. The lowest BCUT2D eigenvalue weighted by molar-refractivity contribution is -0.144. The van der Waals surface area contributed by atoms with E-state index in [2.05, 4.69) is 4.98 Å². The van der Waals surface area contributed by atoms with Gasteiger partial charge in [0.15, 0.2) is 0 Å². The molecule has 25 heavy (non-hydrogen) atoms. The van der Waals surface area contributed by atoms with E-state index in [0.717, 1.165) is 42.7 Å². The van der Waals surface area contributed by atoms with Gasteiger partial charge >= 0.3 is 0 Å². The fraction of sp³-hybridized carbons (Fsp3) is 0.526. The van der Waals surface area contributed by atoms with Gasteiger partial charge in [0, 0.05) is 39.1 Å². The molecule has 2 fully saturated rings. The predicted molar refractivity (Wildman–Crippen MR) is 94.1 cm³/mol. The van der Waals surface area contributed by atoms with Gasteiger partial charge in [0.25, 0.3) is 0 Å². The van der Waals surface area contributed by atoms with Crippen LogP contribution in [-0.2, 0) is 16.0 Å². The zero-order valence-electron chi connectivity index (χ0n) is 14.9. The normalized spacial score (nSPS) is 23.8. The van der Waals surface area contributed by atoms with Gasteiger partial charge in [0.2, 0.25) is 11.8 Å². The molecule has 0 bridgehead atoms. The Kier molecular flexibility index (Phi) is 3.78. The summed E-state index contributed by atoms with van der Waals surface area (Å²) >= 11 is 0. The van der Waals surface area contributed by atoms with Crippen molar-refractivity contribution in [2.75, 3.05) is 26.7 Å². The fourth-order valence-electron chi connectivity index (χ4n) is 4.33. The topological polar surface area (TPSA) is 57.9 Å². The first-order valence-corrected chi connectivity index (χ1v) is 8.95. The van der Waals surface area contributed by atoms with Crippen molar-refractivity contribution in [1.82, 2.24) is 19.2 Å². The Bertz CT molecular complexity index is 843. The number of hydrogen-bond donors (Lipinski definition) is 0. The molecule has 1 unspecified atom stereocenters. The standard InChI is InChI=1S/C19H24N4O2/c1-14-5-3-9-23-15(12-20-17(14)23)11-16(24)22-10-7-19(13-22)6-4-8-21(2)18(19)25/h3,5,9,12H,4,6-8,10-11,13H2,1-2H3. The second-order valence-electron chi connectivity index (χ2n) is 7.49. The molecule has 6 heteroatoms. The van der Waals surface area contributed by atoms with Crippen LogP contribution in [0.15, 0.2) is 24.5 Å². The minimum absolute atomic E-state index is 0.0845. The van der Waals surface area contributed by atoms with Crippen LogP contribution in [0.3, 0.4) is 0 Å². The average Bonchev–Trinajstić information content (AvgIpc) is 3.19. The summed E-state index contributed by atoms with van der Waals surface area (Å²) in [6.45, 7) is 4.08. The van der Waals surface area contributed by atoms with Gasteiger partial charge in [0.1, 0.15) is 5.65 Å². The number of aryl methyl sites for hydroxylation is 1. The molecule has 1 atom stereocenters. The Balaban J connectivity index is 1.50. The summed E-state index contributed by atoms with van der Waals surface area (Å²) in [7, 11) is 1.87. The minimum Gasteiger partial charge on any atom is -0.345 e. The molecule has 6 nitrogen and oxygen atoms in total. The number of carbonyl (C=O) groups excluding carboxylic acids is 2. The van der Waals surface area contributed by atoms with Crippen molar-refractivity contribution >= 4 is 17.5 Å². The average molecular weight is 340 g/mol. The highest BCUT2D eigenvalue weighted by atomic mass is 16.2. The van der Waals surface area contributed by atoms with Gasteiger partial charge in [-0.2, -0.15) is 0 Å². The molecule has 0 saturated carbocycles. The number of carbonyl (C=O) groups is 2. The SMILES string of the molecule is Cc1cccn2c(CC(=O)N3CCC4(CCCN(C)C4=O)C3)cnc12. The first-order valence-electron chi connectivity index (χ1n) is 8.95. The number of amides is 2. The zero-order chi connectivity index (χ0) is 17.6. The van der Waals surface area contributed by atoms with Crippen LogP contribution < -0.4 is 0 Å². The Hall–Kier alpha value is -2.37. The molecule has 2 aliphatic heterocycles. The molecular formula is C19H24N4O2. The lowest BCUT2D eigenvalue weighted by Gasteiger charge is -2.37. The summed E-state index contributed by atoms with van der Waals surface area (Å²) in [6, 6.07) is 3.99. The van der Waals surface area contributed by atoms with Crippen LogP contribution in [0.1, 0.15) is 30.5 Å². The third-order valence-corrected chi connectivity index (χ3v) is 5.80. The second-order valence-corrected chi connectivity index (χ2v) is 7.49. The highest BCUT2D eigenvalue weighted by Gasteiger charge is 2.48. The Morgan fingerprint density at radius 2 is 2.16 bits per heavy atom. The number of aromatic nitrogens is 2. The summed E-state index contributed by atoms with van der Waals surface area (Å²) in [5, 5.41) is 0. The maximum Gasteiger partial charge on any atom is 0.230 e. The number of piperidine rings is 1. The molecule has 2 aromatic heterocycles. The molecular weight excluding hydrogens is 316 g/mol. The fourth-order valence-corrected chi connectivity index (χ4v) is 4.33. The molecule has 2 aliphatic rings. The monoisotopic (exact) mass is 340 g/mol. The third kappa shape index (κ3) is 2.60. The predicted octanol–water partition coefficient (Wildman–Crippen LogP) is 1.66. The van der Waals surface area contributed by atoms with Crippen LogP contribution in [0.5, 0.6) is 0 Å². The van der Waals surface area contributed by atoms with Crippen LogP contribution in [0.2, 0.25) is 0 Å². The van der Waals surface area contributed by atoms with Gasteiger partial charge in [0.05, 0.1) is 17.5 Å². The number of hydrogen-bond acceptors (Lipinski definition) is 3. The number of imidazole rings is 1. The Morgan fingerprint density at radius 3 is 3.00 bits per heavy atom. The van der Waals surface area contributed by atoms with E-state index in [-0.39, 0.29) is 17.2 Å². The second kappa shape index (κ2) is 5.86. The largest absolute Gasteiger partial charge is 0.345 e. The van der Waals surface area contributed by atoms with Gasteiger partial charge in [-0.25, -0.2) is 4.98 Å². The van der Waals surface area contributed by atoms with Gasteiger partial charge < -0.3 is 14.2 Å². The van der Waals surface area contributed by atoms with Crippen molar-refractivity contribution in [3.63, 3.8) is 0 Å². The number of fused-ring (bicyclic) bond motifs is 1. The minimum atomic E-state index is -0.348. The van der Waals surface area contributed by atoms with Gasteiger partial charge in [-0.1, -0.05) is 6.07 Å². The van der Waals surface area contributed by atoms with Crippen LogP contribution >= 0.6 is 0 Å². The van der Waals surface area contributed by atoms with Gasteiger partial charge in [-0.3, -0.25) is 9.59 Å². The first kappa shape index (κ1) is 16.1. The smallest absolute Gasteiger partial charge is 0.230 e. The summed E-state index contributed by atoms with van der Waals surface area (Å²) in [5.41, 5.74) is 2.54. The summed E-state index contributed by atoms with van der Waals surface area (Å²) in [5.74, 6) is 0.292. The van der Waals surface area contributed by atoms with Crippen LogP contribution in [-0.4, -0.2) is 57.7 Å². The highest BCUT2D eigenvalue weighted by Crippen LogP contribution is 2.39. The van der Waals surface area contributed by atoms with Crippen molar-refractivity contribution in [1.29, 1.82) is 0 Å². The molecule has 4 rings (SSSR count). The van der Waals surface area contributed by atoms with Crippen molar-refractivity contribution < 1.29 is 9.59 Å². The molecule has 1 spiro atoms. The zero-order valence-corrected chi connectivity index (χ0v) is 14.9. The molecule has 0 aromatic carbocycles. The van der Waals surface area contributed by atoms with E-state index < -0.39 is 0 Å². The van der Waals surface area contributed by atoms with Crippen molar-refractivity contribution in [2.45, 2.75) is 32.6 Å². The van der Waals surface area contributed by atoms with E-state index in [4.69, 9.17) is 0 Å². The lowest BCUT2D eigenvalue weighted by atomic mass is 9.78. The molecule has 0 radical (unpaired) electrons. The van der Waals surface area contributed by atoms with Gasteiger partial charge in [-0.05, 0) is 37.8 Å². The summed E-state index contributed by atoms with van der Waals surface area (Å²) in [4.78, 5) is 33.6. The van der Waals surface area contributed by atoms with E-state index in [9.17, 15) is 9.59 Å². The van der Waals surface area contributed by atoms with E-state index in [0.29, 0.717) is 19.5 Å². The number of likely N-dealkylation sites (tertiary alicyclic amines) is 2. The van der Waals surface area contributed by atoms with Crippen LogP contribution in [0, 0.1) is 12.3 Å². The van der Waals surface area contributed by atoms with Crippen molar-refractivity contribution in [3.8, 4) is 0 Å². The van der Waals surface area contributed by atoms with Gasteiger partial charge in [-0.15, -0.1) is 0 Å². The maximum atomic E-state index is 12.8. The molecule has 2 saturated heterocycles. The highest BCUT2D eigenvalue weighted by molar-refractivity contribution is 5.86. The summed E-state index contributed by atoms with van der Waals surface area (Å²) < 4.78 is 1.98. The van der Waals surface area contributed by atoms with Crippen LogP contribution in [0.4, 0.5) is 0 Å². The Labute approximate surface area is 147 Å². The summed E-state index contributed by atoms with van der Waals surface area (Å²) in [6.07, 6.45) is 6.76. The van der Waals surface area contributed by atoms with E-state index >= 15 is 0 Å².